The van der Waals surface area contributed by atoms with Crippen LogP contribution in [0.15, 0.2) is 18.2 Å². The summed E-state index contributed by atoms with van der Waals surface area (Å²) in [5, 5.41) is 15.6. The van der Waals surface area contributed by atoms with Gasteiger partial charge in [0.15, 0.2) is 0 Å². The molecule has 0 radical (unpaired) electrons. The van der Waals surface area contributed by atoms with Crippen molar-refractivity contribution in [2.75, 3.05) is 11.9 Å². The number of hydrogen-bond acceptors (Lipinski definition) is 3. The first-order valence-corrected chi connectivity index (χ1v) is 9.39. The van der Waals surface area contributed by atoms with Crippen molar-refractivity contribution in [2.45, 2.75) is 71.6 Å². The van der Waals surface area contributed by atoms with E-state index >= 15 is 0 Å². The highest BCUT2D eigenvalue weighted by molar-refractivity contribution is 5.90. The molecule has 1 fully saturated rings. The molecule has 1 aromatic rings. The maximum Gasteiger partial charge on any atom is 0.319 e. The lowest BCUT2D eigenvalue weighted by atomic mass is 9.96. The third kappa shape index (κ3) is 6.01. The van der Waals surface area contributed by atoms with Gasteiger partial charge in [0.2, 0.25) is 0 Å². The van der Waals surface area contributed by atoms with Crippen LogP contribution >= 0.6 is 0 Å². The third-order valence-corrected chi connectivity index (χ3v) is 4.98. The molecule has 2 rings (SSSR count). The molecule has 1 aliphatic carbocycles. The van der Waals surface area contributed by atoms with Gasteiger partial charge >= 0.3 is 6.03 Å². The fourth-order valence-electron chi connectivity index (χ4n) is 3.35. The van der Waals surface area contributed by atoms with Gasteiger partial charge in [-0.05, 0) is 50.8 Å². The highest BCUT2D eigenvalue weighted by atomic mass is 16.5. The van der Waals surface area contributed by atoms with Crippen LogP contribution in [0.2, 0.25) is 0 Å². The Hall–Kier alpha value is -1.59. The molecular formula is C20H32N2O3. The Labute approximate surface area is 151 Å². The van der Waals surface area contributed by atoms with Crippen LogP contribution in [0.25, 0.3) is 0 Å². The first kappa shape index (κ1) is 19.7. The van der Waals surface area contributed by atoms with Crippen LogP contribution in [-0.4, -0.2) is 29.9 Å². The average Bonchev–Trinajstić information content (AvgIpc) is 2.80. The number of rotatable bonds is 6. The Morgan fingerprint density at radius 3 is 2.76 bits per heavy atom. The number of benzene rings is 1. The van der Waals surface area contributed by atoms with Gasteiger partial charge in [0.1, 0.15) is 0 Å². The number of carbonyl (C=O) groups excluding carboxylic acids is 1. The summed E-state index contributed by atoms with van der Waals surface area (Å²) in [7, 11) is 0. The van der Waals surface area contributed by atoms with Crippen molar-refractivity contribution in [3.8, 4) is 0 Å². The standard InChI is InChI=1S/C20H32N2O3/c1-14(2)25-13-17-9-7-11-18(15(17)3)21-20(24)22-19-10-6-4-5-8-16(19)12-23/h7,9,11,14,16,19,23H,4-6,8,10,12-13H2,1-3H3,(H2,21,22,24). The summed E-state index contributed by atoms with van der Waals surface area (Å²) in [5.74, 6) is 0.153. The molecule has 140 valence electrons. The van der Waals surface area contributed by atoms with E-state index in [4.69, 9.17) is 4.74 Å². The molecular weight excluding hydrogens is 316 g/mol. The summed E-state index contributed by atoms with van der Waals surface area (Å²) in [6.07, 6.45) is 5.48. The number of hydrogen-bond donors (Lipinski definition) is 3. The quantitative estimate of drug-likeness (QED) is 0.681. The van der Waals surface area contributed by atoms with Gasteiger partial charge in [-0.3, -0.25) is 0 Å². The number of nitrogens with one attached hydrogen (secondary N) is 2. The predicted molar refractivity (Wildman–Crippen MR) is 101 cm³/mol. The number of aliphatic hydroxyl groups excluding tert-OH is 1. The van der Waals surface area contributed by atoms with E-state index < -0.39 is 0 Å². The van der Waals surface area contributed by atoms with Crippen molar-refractivity contribution < 1.29 is 14.6 Å². The molecule has 3 N–H and O–H groups in total. The molecule has 2 unspecified atom stereocenters. The molecule has 1 saturated carbocycles. The highest BCUT2D eigenvalue weighted by Crippen LogP contribution is 2.24. The van der Waals surface area contributed by atoms with Gasteiger partial charge < -0.3 is 20.5 Å². The van der Waals surface area contributed by atoms with E-state index in [9.17, 15) is 9.90 Å². The van der Waals surface area contributed by atoms with E-state index in [2.05, 4.69) is 10.6 Å². The Morgan fingerprint density at radius 2 is 2.04 bits per heavy atom. The van der Waals surface area contributed by atoms with E-state index in [1.165, 1.54) is 6.42 Å². The molecule has 0 bridgehead atoms. The second kappa shape index (κ2) is 9.78. The fourth-order valence-corrected chi connectivity index (χ4v) is 3.35. The van der Waals surface area contributed by atoms with Crippen molar-refractivity contribution >= 4 is 11.7 Å². The van der Waals surface area contributed by atoms with Gasteiger partial charge in [-0.1, -0.05) is 31.4 Å². The molecule has 0 heterocycles. The van der Waals surface area contributed by atoms with Crippen LogP contribution in [0.1, 0.15) is 57.1 Å². The monoisotopic (exact) mass is 348 g/mol. The van der Waals surface area contributed by atoms with Crippen LogP contribution in [-0.2, 0) is 11.3 Å². The summed E-state index contributed by atoms with van der Waals surface area (Å²) < 4.78 is 5.68. The topological polar surface area (TPSA) is 70.6 Å². The second-order valence-corrected chi connectivity index (χ2v) is 7.24. The minimum absolute atomic E-state index is 0.0419. The lowest BCUT2D eigenvalue weighted by Crippen LogP contribution is -2.43. The molecule has 1 aromatic carbocycles. The van der Waals surface area contributed by atoms with Crippen LogP contribution < -0.4 is 10.6 Å². The Morgan fingerprint density at radius 1 is 1.28 bits per heavy atom. The number of ether oxygens (including phenoxy) is 1. The molecule has 5 heteroatoms. The molecule has 0 aliphatic heterocycles. The number of carbonyl (C=O) groups is 1. The summed E-state index contributed by atoms with van der Waals surface area (Å²) in [6.45, 7) is 6.68. The maximum atomic E-state index is 12.4. The lowest BCUT2D eigenvalue weighted by Gasteiger charge is -2.25. The number of aliphatic hydroxyl groups is 1. The Bertz CT molecular complexity index is 560. The van der Waals surface area contributed by atoms with E-state index in [0.717, 1.165) is 42.5 Å². The van der Waals surface area contributed by atoms with Gasteiger partial charge in [-0.15, -0.1) is 0 Å². The average molecular weight is 348 g/mol. The second-order valence-electron chi connectivity index (χ2n) is 7.24. The number of anilines is 1. The zero-order valence-electron chi connectivity index (χ0n) is 15.7. The van der Waals surface area contributed by atoms with E-state index in [1.807, 2.05) is 39.0 Å². The fraction of sp³-hybridized carbons (Fsp3) is 0.650. The molecule has 2 amide bonds. The van der Waals surface area contributed by atoms with Crippen molar-refractivity contribution in [3.05, 3.63) is 29.3 Å². The zero-order valence-corrected chi connectivity index (χ0v) is 15.7. The highest BCUT2D eigenvalue weighted by Gasteiger charge is 2.24. The van der Waals surface area contributed by atoms with Gasteiger partial charge in [-0.25, -0.2) is 4.79 Å². The molecule has 2 atom stereocenters. The summed E-state index contributed by atoms with van der Waals surface area (Å²) in [6, 6.07) is 5.71. The summed E-state index contributed by atoms with van der Waals surface area (Å²) in [4.78, 5) is 12.4. The van der Waals surface area contributed by atoms with Crippen LogP contribution in [0.3, 0.4) is 0 Å². The number of amides is 2. The van der Waals surface area contributed by atoms with E-state index in [-0.39, 0.29) is 30.7 Å². The normalized spacial score (nSPS) is 21.0. The Kier molecular flexibility index (Phi) is 7.72. The molecule has 0 spiro atoms. The predicted octanol–water partition coefficient (Wildman–Crippen LogP) is 3.98. The third-order valence-electron chi connectivity index (χ3n) is 4.98. The molecule has 1 aliphatic rings. The minimum atomic E-state index is -0.199. The van der Waals surface area contributed by atoms with Crippen molar-refractivity contribution in [2.24, 2.45) is 5.92 Å². The zero-order chi connectivity index (χ0) is 18.2. The lowest BCUT2D eigenvalue weighted by molar-refractivity contribution is 0.0654. The summed E-state index contributed by atoms with van der Waals surface area (Å²) in [5.41, 5.74) is 2.91. The number of urea groups is 1. The smallest absolute Gasteiger partial charge is 0.319 e. The van der Waals surface area contributed by atoms with Crippen molar-refractivity contribution in [1.29, 1.82) is 0 Å². The van der Waals surface area contributed by atoms with Gasteiger partial charge in [-0.2, -0.15) is 0 Å². The molecule has 0 saturated heterocycles. The van der Waals surface area contributed by atoms with Gasteiger partial charge in [0.25, 0.3) is 0 Å². The first-order valence-electron chi connectivity index (χ1n) is 9.39. The Balaban J connectivity index is 1.98. The molecule has 5 nitrogen and oxygen atoms in total. The largest absolute Gasteiger partial charge is 0.396 e. The van der Waals surface area contributed by atoms with Gasteiger partial charge in [0, 0.05) is 24.3 Å². The van der Waals surface area contributed by atoms with E-state index in [0.29, 0.717) is 6.61 Å². The van der Waals surface area contributed by atoms with Crippen LogP contribution in [0.5, 0.6) is 0 Å². The van der Waals surface area contributed by atoms with Gasteiger partial charge in [0.05, 0.1) is 12.7 Å². The summed E-state index contributed by atoms with van der Waals surface area (Å²) >= 11 is 0. The molecule has 0 aromatic heterocycles. The molecule has 25 heavy (non-hydrogen) atoms. The van der Waals surface area contributed by atoms with Crippen molar-refractivity contribution in [3.63, 3.8) is 0 Å². The minimum Gasteiger partial charge on any atom is -0.396 e. The van der Waals surface area contributed by atoms with Crippen molar-refractivity contribution in [1.82, 2.24) is 5.32 Å². The van der Waals surface area contributed by atoms with Crippen LogP contribution in [0.4, 0.5) is 10.5 Å². The maximum absolute atomic E-state index is 12.4. The van der Waals surface area contributed by atoms with E-state index in [1.54, 1.807) is 0 Å². The first-order chi connectivity index (χ1) is 12.0. The van der Waals surface area contributed by atoms with Crippen LogP contribution in [0, 0.1) is 12.8 Å². The SMILES string of the molecule is Cc1c(COC(C)C)cccc1NC(=O)NC1CCCCCC1CO.